The SMILES string of the molecule is Cc1ccc(C(=O)N2CCC[C@@H](Cc3ccn[nH]3)C2)c(=O)[nH]1. The first-order valence-electron chi connectivity index (χ1n) is 7.61. The Morgan fingerprint density at radius 2 is 2.27 bits per heavy atom. The highest BCUT2D eigenvalue weighted by Crippen LogP contribution is 2.21. The van der Waals surface area contributed by atoms with Crippen molar-refractivity contribution in [3.8, 4) is 0 Å². The van der Waals surface area contributed by atoms with Crippen molar-refractivity contribution in [2.24, 2.45) is 5.92 Å². The highest BCUT2D eigenvalue weighted by Gasteiger charge is 2.26. The fourth-order valence-corrected chi connectivity index (χ4v) is 3.04. The Kier molecular flexibility index (Phi) is 4.09. The van der Waals surface area contributed by atoms with Crippen molar-refractivity contribution in [3.05, 3.63) is 51.7 Å². The van der Waals surface area contributed by atoms with Crippen LogP contribution in [-0.2, 0) is 6.42 Å². The van der Waals surface area contributed by atoms with Crippen LogP contribution in [0.4, 0.5) is 0 Å². The van der Waals surface area contributed by atoms with Crippen molar-refractivity contribution >= 4 is 5.91 Å². The monoisotopic (exact) mass is 300 g/mol. The summed E-state index contributed by atoms with van der Waals surface area (Å²) in [5.74, 6) is 0.234. The van der Waals surface area contributed by atoms with Crippen molar-refractivity contribution < 1.29 is 4.79 Å². The first kappa shape index (κ1) is 14.6. The van der Waals surface area contributed by atoms with Crippen LogP contribution >= 0.6 is 0 Å². The van der Waals surface area contributed by atoms with Crippen LogP contribution in [0.2, 0.25) is 0 Å². The Morgan fingerprint density at radius 3 is 3.00 bits per heavy atom. The molecule has 1 saturated heterocycles. The molecule has 0 radical (unpaired) electrons. The first-order chi connectivity index (χ1) is 10.6. The van der Waals surface area contributed by atoms with Gasteiger partial charge in [0.05, 0.1) is 0 Å². The molecule has 1 amide bonds. The molecule has 6 nitrogen and oxygen atoms in total. The summed E-state index contributed by atoms with van der Waals surface area (Å²) >= 11 is 0. The second-order valence-corrected chi connectivity index (χ2v) is 5.93. The van der Waals surface area contributed by atoms with Gasteiger partial charge in [-0.1, -0.05) is 0 Å². The number of nitrogens with zero attached hydrogens (tertiary/aromatic N) is 2. The molecule has 1 atom stereocenters. The first-order valence-corrected chi connectivity index (χ1v) is 7.61. The Bertz CT molecular complexity index is 705. The topological polar surface area (TPSA) is 81.8 Å². The Hall–Kier alpha value is -2.37. The van der Waals surface area contributed by atoms with E-state index in [1.54, 1.807) is 30.2 Å². The number of carbonyl (C=O) groups is 1. The van der Waals surface area contributed by atoms with Crippen LogP contribution in [0.15, 0.2) is 29.2 Å². The zero-order valence-electron chi connectivity index (χ0n) is 12.6. The molecule has 0 unspecified atom stereocenters. The number of amides is 1. The van der Waals surface area contributed by atoms with Gasteiger partial charge in [-0.15, -0.1) is 0 Å². The molecule has 6 heteroatoms. The van der Waals surface area contributed by atoms with Crippen molar-refractivity contribution in [1.29, 1.82) is 0 Å². The number of likely N-dealkylation sites (tertiary alicyclic amines) is 1. The van der Waals surface area contributed by atoms with E-state index in [2.05, 4.69) is 15.2 Å². The van der Waals surface area contributed by atoms with Crippen molar-refractivity contribution in [2.75, 3.05) is 13.1 Å². The number of hydrogen-bond acceptors (Lipinski definition) is 3. The highest BCUT2D eigenvalue weighted by molar-refractivity contribution is 5.93. The van der Waals surface area contributed by atoms with E-state index in [1.165, 1.54) is 0 Å². The number of pyridine rings is 1. The van der Waals surface area contributed by atoms with Gasteiger partial charge in [0.25, 0.3) is 11.5 Å². The summed E-state index contributed by atoms with van der Waals surface area (Å²) in [7, 11) is 0. The zero-order chi connectivity index (χ0) is 15.5. The fraction of sp³-hybridized carbons (Fsp3) is 0.438. The lowest BCUT2D eigenvalue weighted by molar-refractivity contribution is 0.0671. The molecule has 2 aromatic heterocycles. The van der Waals surface area contributed by atoms with Crippen molar-refractivity contribution in [2.45, 2.75) is 26.2 Å². The summed E-state index contributed by atoms with van der Waals surface area (Å²) in [5, 5.41) is 6.93. The number of piperidine rings is 1. The molecular formula is C16H20N4O2. The molecule has 1 aliphatic rings. The number of aromatic amines is 2. The van der Waals surface area contributed by atoms with Crippen LogP contribution in [-0.4, -0.2) is 39.1 Å². The number of aromatic nitrogens is 3. The summed E-state index contributed by atoms with van der Waals surface area (Å²) in [4.78, 5) is 29.0. The number of nitrogens with one attached hydrogen (secondary N) is 2. The quantitative estimate of drug-likeness (QED) is 0.901. The third-order valence-electron chi connectivity index (χ3n) is 4.16. The van der Waals surface area contributed by atoms with E-state index < -0.39 is 0 Å². The summed E-state index contributed by atoms with van der Waals surface area (Å²) in [6.45, 7) is 3.20. The van der Waals surface area contributed by atoms with Crippen LogP contribution in [0, 0.1) is 12.8 Å². The van der Waals surface area contributed by atoms with E-state index in [1.807, 2.05) is 6.07 Å². The van der Waals surface area contributed by atoms with Crippen LogP contribution in [0.5, 0.6) is 0 Å². The summed E-state index contributed by atoms with van der Waals surface area (Å²) in [6.07, 6.45) is 4.68. The smallest absolute Gasteiger partial charge is 0.260 e. The highest BCUT2D eigenvalue weighted by atomic mass is 16.2. The molecular weight excluding hydrogens is 280 g/mol. The van der Waals surface area contributed by atoms with Crippen LogP contribution in [0.25, 0.3) is 0 Å². The van der Waals surface area contributed by atoms with E-state index in [9.17, 15) is 9.59 Å². The van der Waals surface area contributed by atoms with Gasteiger partial charge in [0.1, 0.15) is 5.56 Å². The normalized spacial score (nSPS) is 18.4. The molecule has 0 aromatic carbocycles. The largest absolute Gasteiger partial charge is 0.338 e. The van der Waals surface area contributed by atoms with Gasteiger partial charge in [-0.25, -0.2) is 0 Å². The number of H-pyrrole nitrogens is 2. The molecule has 1 aliphatic heterocycles. The van der Waals surface area contributed by atoms with Gasteiger partial charge in [0, 0.05) is 30.7 Å². The van der Waals surface area contributed by atoms with Crippen LogP contribution in [0.3, 0.4) is 0 Å². The van der Waals surface area contributed by atoms with Gasteiger partial charge in [-0.2, -0.15) is 5.10 Å². The van der Waals surface area contributed by atoms with E-state index in [4.69, 9.17) is 0 Å². The number of hydrogen-bond donors (Lipinski definition) is 2. The van der Waals surface area contributed by atoms with Crippen molar-refractivity contribution in [3.63, 3.8) is 0 Å². The van der Waals surface area contributed by atoms with E-state index in [0.29, 0.717) is 19.0 Å². The molecule has 2 N–H and O–H groups in total. The maximum Gasteiger partial charge on any atom is 0.260 e. The second kappa shape index (κ2) is 6.17. The maximum absolute atomic E-state index is 12.6. The van der Waals surface area contributed by atoms with Crippen molar-refractivity contribution in [1.82, 2.24) is 20.1 Å². The second-order valence-electron chi connectivity index (χ2n) is 5.93. The lowest BCUT2D eigenvalue weighted by Gasteiger charge is -2.32. The average Bonchev–Trinajstić information content (AvgIpc) is 3.00. The molecule has 3 rings (SSSR count). The molecule has 116 valence electrons. The number of aryl methyl sites for hydroxylation is 1. The lowest BCUT2D eigenvalue weighted by Crippen LogP contribution is -2.42. The van der Waals surface area contributed by atoms with Gasteiger partial charge in [0.2, 0.25) is 0 Å². The van der Waals surface area contributed by atoms with Gasteiger partial charge in [-0.3, -0.25) is 14.7 Å². The molecule has 0 aliphatic carbocycles. The van der Waals surface area contributed by atoms with E-state index in [-0.39, 0.29) is 17.0 Å². The van der Waals surface area contributed by atoms with Gasteiger partial charge in [0.15, 0.2) is 0 Å². The van der Waals surface area contributed by atoms with Crippen LogP contribution < -0.4 is 5.56 Å². The molecule has 0 spiro atoms. The van der Waals surface area contributed by atoms with Crippen LogP contribution in [0.1, 0.15) is 34.6 Å². The maximum atomic E-state index is 12.6. The predicted molar refractivity (Wildman–Crippen MR) is 82.7 cm³/mol. The lowest BCUT2D eigenvalue weighted by atomic mass is 9.93. The minimum atomic E-state index is -0.305. The third kappa shape index (κ3) is 3.10. The fourth-order valence-electron chi connectivity index (χ4n) is 3.04. The van der Waals surface area contributed by atoms with E-state index >= 15 is 0 Å². The zero-order valence-corrected chi connectivity index (χ0v) is 12.6. The molecule has 22 heavy (non-hydrogen) atoms. The van der Waals surface area contributed by atoms with Gasteiger partial charge >= 0.3 is 0 Å². The van der Waals surface area contributed by atoms with Gasteiger partial charge < -0.3 is 9.88 Å². The molecule has 0 bridgehead atoms. The standard InChI is InChI=1S/C16H20N4O2/c1-11-4-5-14(15(21)18-11)16(22)20-8-2-3-12(10-20)9-13-6-7-17-19-13/h4-7,12H,2-3,8-10H2,1H3,(H,17,19)(H,18,21)/t12-/m0/s1. The Balaban J connectivity index is 1.71. The molecule has 3 heterocycles. The van der Waals surface area contributed by atoms with Gasteiger partial charge in [-0.05, 0) is 50.3 Å². The predicted octanol–water partition coefficient (Wildman–Crippen LogP) is 1.50. The molecule has 2 aromatic rings. The Labute approximate surface area is 128 Å². The number of rotatable bonds is 3. The summed E-state index contributed by atoms with van der Waals surface area (Å²) in [5.41, 5.74) is 1.78. The molecule has 1 fully saturated rings. The summed E-state index contributed by atoms with van der Waals surface area (Å²) < 4.78 is 0. The minimum Gasteiger partial charge on any atom is -0.338 e. The molecule has 0 saturated carbocycles. The summed E-state index contributed by atoms with van der Waals surface area (Å²) in [6, 6.07) is 5.35. The third-order valence-corrected chi connectivity index (χ3v) is 4.16. The number of carbonyl (C=O) groups excluding carboxylic acids is 1. The Morgan fingerprint density at radius 1 is 1.41 bits per heavy atom. The average molecular weight is 300 g/mol. The minimum absolute atomic E-state index is 0.171. The van der Waals surface area contributed by atoms with E-state index in [0.717, 1.165) is 30.7 Å².